The number of nitrogens with one attached hydrogen (secondary N) is 1. The van der Waals surface area contributed by atoms with Crippen LogP contribution in [0.5, 0.6) is 0 Å². The Hall–Kier alpha value is -2.60. The maximum Gasteiger partial charge on any atom is 0.253 e. The molecule has 1 aliphatic carbocycles. The number of piperazine rings is 1. The van der Waals surface area contributed by atoms with E-state index in [0.717, 1.165) is 68.1 Å². The van der Waals surface area contributed by atoms with Crippen molar-refractivity contribution in [3.05, 3.63) is 52.0 Å². The molecule has 0 saturated carbocycles. The van der Waals surface area contributed by atoms with Gasteiger partial charge in [-0.2, -0.15) is 0 Å². The molecule has 0 bridgehead atoms. The zero-order valence-corrected chi connectivity index (χ0v) is 17.3. The van der Waals surface area contributed by atoms with Crippen LogP contribution in [0.2, 0.25) is 0 Å². The molecule has 0 spiro atoms. The van der Waals surface area contributed by atoms with Gasteiger partial charge in [0.1, 0.15) is 5.76 Å². The van der Waals surface area contributed by atoms with Gasteiger partial charge in [0.2, 0.25) is 0 Å². The molecule has 3 aromatic rings. The second-order valence-electron chi connectivity index (χ2n) is 8.42. The normalized spacial score (nSPS) is 17.7. The predicted molar refractivity (Wildman–Crippen MR) is 112 cm³/mol. The minimum atomic E-state index is 0.148. The molecule has 5 rings (SSSR count). The van der Waals surface area contributed by atoms with Gasteiger partial charge >= 0.3 is 0 Å². The molecule has 0 unspecified atom stereocenters. The number of aromatic amines is 1. The Labute approximate surface area is 170 Å². The molecule has 3 heterocycles. The number of nitrogens with zero attached hydrogens (tertiary/aromatic N) is 3. The molecular weight excluding hydrogens is 364 g/mol. The van der Waals surface area contributed by atoms with E-state index in [1.165, 1.54) is 35.0 Å². The van der Waals surface area contributed by atoms with Gasteiger partial charge in [0.15, 0.2) is 0 Å². The third-order valence-corrected chi connectivity index (χ3v) is 6.57. The van der Waals surface area contributed by atoms with Crippen LogP contribution in [0.3, 0.4) is 0 Å². The Balaban J connectivity index is 1.28. The Bertz CT molecular complexity index is 1040. The highest BCUT2D eigenvalue weighted by Crippen LogP contribution is 2.30. The smallest absolute Gasteiger partial charge is 0.253 e. The molecule has 1 saturated heterocycles. The lowest BCUT2D eigenvalue weighted by Crippen LogP contribution is -2.48. The first-order chi connectivity index (χ1) is 14.1. The van der Waals surface area contributed by atoms with Crippen molar-refractivity contribution < 1.29 is 9.32 Å². The third kappa shape index (κ3) is 3.35. The summed E-state index contributed by atoms with van der Waals surface area (Å²) in [6.07, 6.45) is 4.74. The van der Waals surface area contributed by atoms with Crippen LogP contribution in [-0.2, 0) is 19.4 Å². The first kappa shape index (κ1) is 18.4. The van der Waals surface area contributed by atoms with Crippen LogP contribution in [-0.4, -0.2) is 52.0 Å². The number of carbonyl (C=O) groups excluding carboxylic acids is 1. The lowest BCUT2D eigenvalue weighted by atomic mass is 9.95. The van der Waals surface area contributed by atoms with Crippen LogP contribution in [0.4, 0.5) is 0 Å². The molecule has 2 aromatic heterocycles. The summed E-state index contributed by atoms with van der Waals surface area (Å²) in [6, 6.07) is 6.16. The van der Waals surface area contributed by atoms with E-state index in [4.69, 9.17) is 4.52 Å². The number of hydrogen-bond acceptors (Lipinski definition) is 4. The Kier molecular flexibility index (Phi) is 4.66. The SMILES string of the molecule is Cc1noc(C)c1CN1CCN(C(=O)c2ccc3[nH]c4c(c3c2)CCCC4)CC1. The number of amides is 1. The second kappa shape index (κ2) is 7.34. The fraction of sp³-hybridized carbons (Fsp3) is 0.478. The Morgan fingerprint density at radius 3 is 2.69 bits per heavy atom. The number of fused-ring (bicyclic) bond motifs is 3. The van der Waals surface area contributed by atoms with Gasteiger partial charge in [-0.3, -0.25) is 9.69 Å². The van der Waals surface area contributed by atoms with E-state index < -0.39 is 0 Å². The van der Waals surface area contributed by atoms with E-state index in [2.05, 4.69) is 27.2 Å². The molecule has 6 nitrogen and oxygen atoms in total. The highest BCUT2D eigenvalue weighted by molar-refractivity contribution is 5.99. The van der Waals surface area contributed by atoms with E-state index in [9.17, 15) is 4.79 Å². The van der Waals surface area contributed by atoms with Crippen LogP contribution < -0.4 is 0 Å². The highest BCUT2D eigenvalue weighted by atomic mass is 16.5. The fourth-order valence-corrected chi connectivity index (χ4v) is 4.78. The van der Waals surface area contributed by atoms with Gasteiger partial charge in [-0.05, 0) is 63.3 Å². The topological polar surface area (TPSA) is 65.4 Å². The van der Waals surface area contributed by atoms with Gasteiger partial charge in [-0.25, -0.2) is 0 Å². The number of benzene rings is 1. The average molecular weight is 393 g/mol. The molecule has 29 heavy (non-hydrogen) atoms. The van der Waals surface area contributed by atoms with Crippen LogP contribution >= 0.6 is 0 Å². The van der Waals surface area contributed by atoms with Gasteiger partial charge in [0, 0.05) is 60.4 Å². The quantitative estimate of drug-likeness (QED) is 0.740. The Morgan fingerprint density at radius 2 is 1.93 bits per heavy atom. The van der Waals surface area contributed by atoms with Gasteiger partial charge in [-0.15, -0.1) is 0 Å². The van der Waals surface area contributed by atoms with Crippen molar-refractivity contribution in [3.63, 3.8) is 0 Å². The van der Waals surface area contributed by atoms with Gasteiger partial charge in [0.25, 0.3) is 5.91 Å². The summed E-state index contributed by atoms with van der Waals surface area (Å²) in [7, 11) is 0. The summed E-state index contributed by atoms with van der Waals surface area (Å²) in [5, 5.41) is 5.29. The second-order valence-corrected chi connectivity index (χ2v) is 8.42. The molecule has 1 N–H and O–H groups in total. The molecule has 152 valence electrons. The Morgan fingerprint density at radius 1 is 1.14 bits per heavy atom. The molecule has 2 aliphatic rings. The van der Waals surface area contributed by atoms with E-state index in [1.54, 1.807) is 0 Å². The van der Waals surface area contributed by atoms with E-state index in [0.29, 0.717) is 0 Å². The number of aryl methyl sites for hydroxylation is 4. The largest absolute Gasteiger partial charge is 0.361 e. The number of rotatable bonds is 3. The van der Waals surface area contributed by atoms with Gasteiger partial charge in [0.05, 0.1) is 5.69 Å². The maximum atomic E-state index is 13.1. The lowest BCUT2D eigenvalue weighted by molar-refractivity contribution is 0.0627. The van der Waals surface area contributed by atoms with Crippen molar-refractivity contribution in [1.82, 2.24) is 19.9 Å². The molecule has 0 atom stereocenters. The first-order valence-corrected chi connectivity index (χ1v) is 10.7. The number of carbonyl (C=O) groups is 1. The molecule has 1 aromatic carbocycles. The summed E-state index contributed by atoms with van der Waals surface area (Å²) in [5.74, 6) is 1.04. The van der Waals surface area contributed by atoms with Crippen molar-refractivity contribution in [2.24, 2.45) is 0 Å². The molecule has 6 heteroatoms. The summed E-state index contributed by atoms with van der Waals surface area (Å²) in [5.41, 5.74) is 6.90. The van der Waals surface area contributed by atoms with Crippen LogP contribution in [0.1, 0.15) is 51.5 Å². The van der Waals surface area contributed by atoms with Crippen molar-refractivity contribution >= 4 is 16.8 Å². The van der Waals surface area contributed by atoms with Crippen molar-refractivity contribution in [2.45, 2.75) is 46.1 Å². The number of aromatic nitrogens is 2. The molecular formula is C23H28N4O2. The zero-order chi connectivity index (χ0) is 20.0. The zero-order valence-electron chi connectivity index (χ0n) is 17.3. The summed E-state index contributed by atoms with van der Waals surface area (Å²) in [4.78, 5) is 21.1. The van der Waals surface area contributed by atoms with E-state index in [1.807, 2.05) is 24.8 Å². The number of hydrogen-bond donors (Lipinski definition) is 1. The maximum absolute atomic E-state index is 13.1. The number of H-pyrrole nitrogens is 1. The monoisotopic (exact) mass is 392 g/mol. The van der Waals surface area contributed by atoms with E-state index in [-0.39, 0.29) is 5.91 Å². The summed E-state index contributed by atoms with van der Waals surface area (Å²) >= 11 is 0. The minimum Gasteiger partial charge on any atom is -0.361 e. The molecule has 0 radical (unpaired) electrons. The molecule has 1 amide bonds. The molecule has 1 fully saturated rings. The predicted octanol–water partition coefficient (Wildman–Crippen LogP) is 3.61. The van der Waals surface area contributed by atoms with Crippen LogP contribution in [0, 0.1) is 13.8 Å². The lowest BCUT2D eigenvalue weighted by Gasteiger charge is -2.34. The van der Waals surface area contributed by atoms with Crippen LogP contribution in [0.25, 0.3) is 10.9 Å². The third-order valence-electron chi connectivity index (χ3n) is 6.57. The fourth-order valence-electron chi connectivity index (χ4n) is 4.78. The highest BCUT2D eigenvalue weighted by Gasteiger charge is 2.24. The van der Waals surface area contributed by atoms with Crippen LogP contribution in [0.15, 0.2) is 22.7 Å². The minimum absolute atomic E-state index is 0.148. The van der Waals surface area contributed by atoms with Crippen molar-refractivity contribution in [1.29, 1.82) is 0 Å². The summed E-state index contributed by atoms with van der Waals surface area (Å²) in [6.45, 7) is 8.04. The van der Waals surface area contributed by atoms with Crippen molar-refractivity contribution in [2.75, 3.05) is 26.2 Å². The molecule has 1 aliphatic heterocycles. The van der Waals surface area contributed by atoms with E-state index >= 15 is 0 Å². The summed E-state index contributed by atoms with van der Waals surface area (Å²) < 4.78 is 5.28. The first-order valence-electron chi connectivity index (χ1n) is 10.7. The van der Waals surface area contributed by atoms with Gasteiger partial charge in [-0.1, -0.05) is 5.16 Å². The standard InChI is InChI=1S/C23H28N4O2/c1-15-20(16(2)29-25-15)14-26-9-11-27(12-10-26)23(28)17-7-8-22-19(13-17)18-5-3-4-6-21(18)24-22/h7-8,13,24H,3-6,9-12,14H2,1-2H3. The van der Waals surface area contributed by atoms with Gasteiger partial charge < -0.3 is 14.4 Å². The van der Waals surface area contributed by atoms with Crippen molar-refractivity contribution in [3.8, 4) is 0 Å². The average Bonchev–Trinajstić information content (AvgIpc) is 3.28.